The fourth-order valence-corrected chi connectivity index (χ4v) is 3.35. The molecule has 1 heteroatoms. The van der Waals surface area contributed by atoms with Crippen molar-refractivity contribution < 1.29 is 0 Å². The molecule has 4 aromatic rings. The van der Waals surface area contributed by atoms with Crippen LogP contribution >= 0.6 is 0 Å². The van der Waals surface area contributed by atoms with E-state index in [1.165, 1.54) is 32.7 Å². The zero-order valence-corrected chi connectivity index (χ0v) is 13.4. The van der Waals surface area contributed by atoms with Gasteiger partial charge < -0.3 is 5.32 Å². The molecule has 0 bridgehead atoms. The fraction of sp³-hybridized carbons (Fsp3) is 0.0909. The van der Waals surface area contributed by atoms with Crippen LogP contribution in [0.25, 0.3) is 21.5 Å². The summed E-state index contributed by atoms with van der Waals surface area (Å²) in [5, 5.41) is 8.72. The summed E-state index contributed by atoms with van der Waals surface area (Å²) in [5.74, 6) is 0. The Morgan fingerprint density at radius 2 is 1.35 bits per heavy atom. The summed E-state index contributed by atoms with van der Waals surface area (Å²) in [6.07, 6.45) is 0. The molecule has 0 spiro atoms. The van der Waals surface area contributed by atoms with E-state index in [-0.39, 0.29) is 0 Å². The van der Waals surface area contributed by atoms with Crippen LogP contribution in [0.1, 0.15) is 11.1 Å². The van der Waals surface area contributed by atoms with E-state index in [9.17, 15) is 0 Å². The summed E-state index contributed by atoms with van der Waals surface area (Å²) in [6.45, 7) is 4.27. The summed E-state index contributed by atoms with van der Waals surface area (Å²) in [7, 11) is 0. The number of benzene rings is 4. The average Bonchev–Trinajstić information content (AvgIpc) is 2.54. The van der Waals surface area contributed by atoms with Gasteiger partial charge in [0.1, 0.15) is 0 Å². The van der Waals surface area contributed by atoms with Crippen molar-refractivity contribution in [1.29, 1.82) is 0 Å². The van der Waals surface area contributed by atoms with E-state index < -0.39 is 0 Å². The third-order valence-electron chi connectivity index (χ3n) is 4.29. The van der Waals surface area contributed by atoms with E-state index in [1.54, 1.807) is 0 Å². The first-order valence-electron chi connectivity index (χ1n) is 7.96. The molecule has 0 aliphatic rings. The van der Waals surface area contributed by atoms with Crippen LogP contribution in [0.15, 0.2) is 72.8 Å². The molecule has 0 radical (unpaired) electrons. The van der Waals surface area contributed by atoms with Gasteiger partial charge in [-0.25, -0.2) is 0 Å². The fourth-order valence-electron chi connectivity index (χ4n) is 3.35. The molecule has 0 aromatic heterocycles. The highest BCUT2D eigenvalue weighted by Crippen LogP contribution is 2.32. The standard InChI is InChI=1S/C22H19N/c1-15-12-16(2)14-18(13-15)23-22-9-5-8-20-19-7-4-3-6-17(19)10-11-21(20)22/h3-14,23H,1-2H3. The molecule has 112 valence electrons. The Kier molecular flexibility index (Phi) is 3.27. The lowest BCUT2D eigenvalue weighted by atomic mass is 10.0. The quantitative estimate of drug-likeness (QED) is 0.425. The smallest absolute Gasteiger partial charge is 0.0464 e. The van der Waals surface area contributed by atoms with E-state index in [0.717, 1.165) is 11.4 Å². The van der Waals surface area contributed by atoms with Gasteiger partial charge in [0.05, 0.1) is 0 Å². The lowest BCUT2D eigenvalue weighted by Crippen LogP contribution is -1.93. The van der Waals surface area contributed by atoms with Gasteiger partial charge >= 0.3 is 0 Å². The Bertz CT molecular complexity index is 994. The van der Waals surface area contributed by atoms with Crippen molar-refractivity contribution in [3.05, 3.63) is 83.9 Å². The largest absolute Gasteiger partial charge is 0.355 e. The Hall–Kier alpha value is -2.80. The van der Waals surface area contributed by atoms with Crippen molar-refractivity contribution in [3.8, 4) is 0 Å². The highest BCUT2D eigenvalue weighted by atomic mass is 14.9. The molecule has 0 amide bonds. The number of nitrogens with one attached hydrogen (secondary N) is 1. The first-order chi connectivity index (χ1) is 11.2. The van der Waals surface area contributed by atoms with Gasteiger partial charge in [-0.1, -0.05) is 54.6 Å². The first-order valence-corrected chi connectivity index (χ1v) is 7.96. The zero-order valence-electron chi connectivity index (χ0n) is 13.4. The van der Waals surface area contributed by atoms with Crippen LogP contribution in [0.3, 0.4) is 0 Å². The van der Waals surface area contributed by atoms with E-state index in [0.29, 0.717) is 0 Å². The maximum Gasteiger partial charge on any atom is 0.0464 e. The third kappa shape index (κ3) is 2.55. The summed E-state index contributed by atoms with van der Waals surface area (Å²) in [5.41, 5.74) is 4.85. The maximum absolute atomic E-state index is 3.59. The molecule has 1 nitrogen and oxygen atoms in total. The SMILES string of the molecule is Cc1cc(C)cc(Nc2cccc3c2ccc2ccccc23)c1. The molecule has 0 aliphatic heterocycles. The van der Waals surface area contributed by atoms with Crippen molar-refractivity contribution in [2.75, 3.05) is 5.32 Å². The second-order valence-electron chi connectivity index (χ2n) is 6.19. The van der Waals surface area contributed by atoms with Gasteiger partial charge in [-0.2, -0.15) is 0 Å². The number of aryl methyl sites for hydroxylation is 2. The van der Waals surface area contributed by atoms with Crippen LogP contribution in [0.4, 0.5) is 11.4 Å². The minimum atomic E-state index is 1.14. The minimum absolute atomic E-state index is 1.14. The maximum atomic E-state index is 3.59. The molecule has 0 heterocycles. The second-order valence-corrected chi connectivity index (χ2v) is 6.19. The number of hydrogen-bond donors (Lipinski definition) is 1. The molecule has 1 N–H and O–H groups in total. The second kappa shape index (κ2) is 5.44. The van der Waals surface area contributed by atoms with Gasteiger partial charge in [-0.3, -0.25) is 0 Å². The molecule has 0 atom stereocenters. The molecule has 4 aromatic carbocycles. The van der Waals surface area contributed by atoms with Crippen molar-refractivity contribution >= 4 is 32.9 Å². The van der Waals surface area contributed by atoms with E-state index in [1.807, 2.05) is 0 Å². The molecule has 4 rings (SSSR count). The molecule has 23 heavy (non-hydrogen) atoms. The first kappa shape index (κ1) is 13.8. The van der Waals surface area contributed by atoms with Gasteiger partial charge in [0.2, 0.25) is 0 Å². The Labute approximate surface area is 136 Å². The van der Waals surface area contributed by atoms with Gasteiger partial charge in [0, 0.05) is 16.8 Å². The van der Waals surface area contributed by atoms with Gasteiger partial charge in [-0.15, -0.1) is 0 Å². The van der Waals surface area contributed by atoms with Crippen LogP contribution in [0.2, 0.25) is 0 Å². The topological polar surface area (TPSA) is 12.0 Å². The summed E-state index contributed by atoms with van der Waals surface area (Å²) in [6, 6.07) is 26.0. The summed E-state index contributed by atoms with van der Waals surface area (Å²) in [4.78, 5) is 0. The molecule has 0 saturated carbocycles. The Morgan fingerprint density at radius 3 is 2.17 bits per heavy atom. The minimum Gasteiger partial charge on any atom is -0.355 e. The molecule has 0 saturated heterocycles. The third-order valence-corrected chi connectivity index (χ3v) is 4.29. The Balaban J connectivity index is 1.88. The molecule has 0 unspecified atom stereocenters. The lowest BCUT2D eigenvalue weighted by Gasteiger charge is -2.13. The van der Waals surface area contributed by atoms with Crippen LogP contribution in [0.5, 0.6) is 0 Å². The number of fused-ring (bicyclic) bond motifs is 3. The van der Waals surface area contributed by atoms with E-state index in [4.69, 9.17) is 0 Å². The normalized spacial score (nSPS) is 11.0. The predicted octanol–water partition coefficient (Wildman–Crippen LogP) is 6.35. The number of anilines is 2. The molecular formula is C22H19N. The van der Waals surface area contributed by atoms with E-state index in [2.05, 4.69) is 92.0 Å². The van der Waals surface area contributed by atoms with Crippen molar-refractivity contribution in [2.24, 2.45) is 0 Å². The van der Waals surface area contributed by atoms with Crippen LogP contribution < -0.4 is 5.32 Å². The zero-order chi connectivity index (χ0) is 15.8. The van der Waals surface area contributed by atoms with Crippen LogP contribution in [0, 0.1) is 13.8 Å². The molecule has 0 aliphatic carbocycles. The molecular weight excluding hydrogens is 278 g/mol. The number of rotatable bonds is 2. The van der Waals surface area contributed by atoms with Gasteiger partial charge in [0.15, 0.2) is 0 Å². The highest BCUT2D eigenvalue weighted by molar-refractivity contribution is 6.11. The highest BCUT2D eigenvalue weighted by Gasteiger charge is 2.05. The van der Waals surface area contributed by atoms with Crippen molar-refractivity contribution in [3.63, 3.8) is 0 Å². The molecule has 0 fully saturated rings. The van der Waals surface area contributed by atoms with Crippen LogP contribution in [-0.2, 0) is 0 Å². The van der Waals surface area contributed by atoms with E-state index >= 15 is 0 Å². The average molecular weight is 297 g/mol. The number of hydrogen-bond acceptors (Lipinski definition) is 1. The predicted molar refractivity (Wildman–Crippen MR) is 101 cm³/mol. The van der Waals surface area contributed by atoms with Crippen molar-refractivity contribution in [1.82, 2.24) is 0 Å². The monoisotopic (exact) mass is 297 g/mol. The Morgan fingerprint density at radius 1 is 0.609 bits per heavy atom. The van der Waals surface area contributed by atoms with Gasteiger partial charge in [0.25, 0.3) is 0 Å². The lowest BCUT2D eigenvalue weighted by molar-refractivity contribution is 1.38. The van der Waals surface area contributed by atoms with Crippen LogP contribution in [-0.4, -0.2) is 0 Å². The van der Waals surface area contributed by atoms with Crippen molar-refractivity contribution in [2.45, 2.75) is 13.8 Å². The summed E-state index contributed by atoms with van der Waals surface area (Å²) < 4.78 is 0. The van der Waals surface area contributed by atoms with Gasteiger partial charge in [-0.05, 0) is 59.3 Å². The summed E-state index contributed by atoms with van der Waals surface area (Å²) >= 11 is 0.